The first-order chi connectivity index (χ1) is 7.04. The zero-order valence-corrected chi connectivity index (χ0v) is 11.4. The predicted octanol–water partition coefficient (Wildman–Crippen LogP) is 3.47. The summed E-state index contributed by atoms with van der Waals surface area (Å²) in [6, 6.07) is 5.62. The molecular weight excluding hydrogens is 303 g/mol. The third-order valence-corrected chi connectivity index (χ3v) is 2.73. The SMILES string of the molecule is COc1ccc(C(=O)I)c(CC(C)C)c1. The van der Waals surface area contributed by atoms with Crippen molar-refractivity contribution in [2.75, 3.05) is 7.11 Å². The van der Waals surface area contributed by atoms with Gasteiger partial charge in [0.2, 0.25) is 3.79 Å². The monoisotopic (exact) mass is 318 g/mol. The molecule has 15 heavy (non-hydrogen) atoms. The van der Waals surface area contributed by atoms with Crippen molar-refractivity contribution in [2.24, 2.45) is 5.92 Å². The van der Waals surface area contributed by atoms with Gasteiger partial charge in [0.15, 0.2) is 0 Å². The summed E-state index contributed by atoms with van der Waals surface area (Å²) in [5, 5.41) is 0. The molecule has 1 aromatic rings. The minimum atomic E-state index is 0.0888. The van der Waals surface area contributed by atoms with Gasteiger partial charge in [-0.3, -0.25) is 4.79 Å². The molecule has 0 aliphatic carbocycles. The number of rotatable bonds is 4. The first-order valence-corrected chi connectivity index (χ1v) is 5.99. The Labute approximate surface area is 104 Å². The molecule has 0 spiro atoms. The van der Waals surface area contributed by atoms with Gasteiger partial charge in [-0.2, -0.15) is 0 Å². The highest BCUT2D eigenvalue weighted by Crippen LogP contribution is 2.22. The predicted molar refractivity (Wildman–Crippen MR) is 69.9 cm³/mol. The first-order valence-electron chi connectivity index (χ1n) is 4.91. The van der Waals surface area contributed by atoms with Crippen LogP contribution in [-0.4, -0.2) is 10.9 Å². The Kier molecular flexibility index (Phi) is 4.57. The third-order valence-electron chi connectivity index (χ3n) is 2.15. The van der Waals surface area contributed by atoms with Gasteiger partial charge >= 0.3 is 0 Å². The largest absolute Gasteiger partial charge is 0.497 e. The fourth-order valence-corrected chi connectivity index (χ4v) is 2.02. The molecule has 0 aliphatic rings. The molecule has 3 heteroatoms. The van der Waals surface area contributed by atoms with Crippen LogP contribution in [0.1, 0.15) is 29.8 Å². The zero-order valence-electron chi connectivity index (χ0n) is 9.21. The summed E-state index contributed by atoms with van der Waals surface area (Å²) in [7, 11) is 1.64. The maximum atomic E-state index is 11.4. The van der Waals surface area contributed by atoms with Crippen molar-refractivity contribution >= 4 is 26.4 Å². The topological polar surface area (TPSA) is 26.3 Å². The van der Waals surface area contributed by atoms with E-state index in [2.05, 4.69) is 13.8 Å². The van der Waals surface area contributed by atoms with E-state index in [1.54, 1.807) is 7.11 Å². The lowest BCUT2D eigenvalue weighted by atomic mass is 9.98. The van der Waals surface area contributed by atoms with Gasteiger partial charge in [0.25, 0.3) is 0 Å². The summed E-state index contributed by atoms with van der Waals surface area (Å²) in [4.78, 5) is 11.4. The van der Waals surface area contributed by atoms with Gasteiger partial charge in [0, 0.05) is 28.2 Å². The number of carbonyl (C=O) groups excluding carboxylic acids is 1. The van der Waals surface area contributed by atoms with Crippen LogP contribution in [0.3, 0.4) is 0 Å². The molecule has 1 rings (SSSR count). The molecule has 0 atom stereocenters. The van der Waals surface area contributed by atoms with E-state index in [9.17, 15) is 4.79 Å². The smallest absolute Gasteiger partial charge is 0.222 e. The number of ether oxygens (including phenoxy) is 1. The van der Waals surface area contributed by atoms with Crippen LogP contribution >= 0.6 is 22.6 Å². The molecule has 0 aromatic heterocycles. The number of carbonyl (C=O) groups is 1. The van der Waals surface area contributed by atoms with Gasteiger partial charge in [-0.25, -0.2) is 0 Å². The Morgan fingerprint density at radius 2 is 2.13 bits per heavy atom. The number of benzene rings is 1. The van der Waals surface area contributed by atoms with E-state index < -0.39 is 0 Å². The van der Waals surface area contributed by atoms with E-state index in [4.69, 9.17) is 4.74 Å². The molecule has 0 radical (unpaired) electrons. The Hall–Kier alpha value is -0.580. The number of methoxy groups -OCH3 is 1. The first kappa shape index (κ1) is 12.5. The lowest BCUT2D eigenvalue weighted by Crippen LogP contribution is -2.02. The lowest BCUT2D eigenvalue weighted by Gasteiger charge is -2.10. The van der Waals surface area contributed by atoms with Crippen LogP contribution in [0.4, 0.5) is 0 Å². The van der Waals surface area contributed by atoms with Gasteiger partial charge in [-0.15, -0.1) is 0 Å². The van der Waals surface area contributed by atoms with E-state index in [-0.39, 0.29) is 3.79 Å². The van der Waals surface area contributed by atoms with Crippen LogP contribution < -0.4 is 4.74 Å². The van der Waals surface area contributed by atoms with E-state index >= 15 is 0 Å². The molecule has 0 saturated heterocycles. The third kappa shape index (κ3) is 3.48. The molecule has 1 aromatic carbocycles. The second kappa shape index (κ2) is 5.49. The summed E-state index contributed by atoms with van der Waals surface area (Å²) < 4.78 is 5.25. The second-order valence-electron chi connectivity index (χ2n) is 3.89. The quantitative estimate of drug-likeness (QED) is 0.628. The zero-order chi connectivity index (χ0) is 11.4. The molecular formula is C12H15IO2. The van der Waals surface area contributed by atoms with Crippen LogP contribution in [0, 0.1) is 5.92 Å². The van der Waals surface area contributed by atoms with Crippen molar-refractivity contribution in [3.63, 3.8) is 0 Å². The summed E-state index contributed by atoms with van der Waals surface area (Å²) in [6.45, 7) is 4.28. The van der Waals surface area contributed by atoms with Gasteiger partial charge in [0.05, 0.1) is 7.11 Å². The normalized spacial score (nSPS) is 10.5. The van der Waals surface area contributed by atoms with E-state index in [1.807, 2.05) is 40.8 Å². The fraction of sp³-hybridized carbons (Fsp3) is 0.417. The standard InChI is InChI=1S/C12H15IO2/c1-8(2)6-9-7-10(15-3)4-5-11(9)12(13)14/h4-5,7-8H,6H2,1-3H3. The highest BCUT2D eigenvalue weighted by molar-refractivity contribution is 14.1. The molecule has 0 heterocycles. The molecule has 2 nitrogen and oxygen atoms in total. The Morgan fingerprint density at radius 3 is 2.60 bits per heavy atom. The molecule has 0 saturated carbocycles. The molecule has 0 bridgehead atoms. The van der Waals surface area contributed by atoms with Crippen LogP contribution in [-0.2, 0) is 6.42 Å². The van der Waals surface area contributed by atoms with E-state index in [1.165, 1.54) is 0 Å². The molecule has 0 amide bonds. The molecule has 0 aliphatic heterocycles. The highest BCUT2D eigenvalue weighted by atomic mass is 127. The minimum absolute atomic E-state index is 0.0888. The maximum absolute atomic E-state index is 11.4. The number of halogens is 1. The molecule has 0 fully saturated rings. The summed E-state index contributed by atoms with van der Waals surface area (Å²) in [5.41, 5.74) is 1.87. The second-order valence-corrected chi connectivity index (χ2v) is 4.87. The number of hydrogen-bond donors (Lipinski definition) is 0. The van der Waals surface area contributed by atoms with Gasteiger partial charge in [-0.05, 0) is 36.1 Å². The lowest BCUT2D eigenvalue weighted by molar-refractivity contribution is 0.110. The van der Waals surface area contributed by atoms with E-state index in [0.29, 0.717) is 5.92 Å². The van der Waals surface area contributed by atoms with Gasteiger partial charge in [0.1, 0.15) is 5.75 Å². The minimum Gasteiger partial charge on any atom is -0.497 e. The molecule has 0 unspecified atom stereocenters. The number of hydrogen-bond acceptors (Lipinski definition) is 2. The van der Waals surface area contributed by atoms with Crippen LogP contribution in [0.2, 0.25) is 0 Å². The maximum Gasteiger partial charge on any atom is 0.222 e. The van der Waals surface area contributed by atoms with Crippen molar-refractivity contribution < 1.29 is 9.53 Å². The average Bonchev–Trinajstić information content (AvgIpc) is 2.16. The van der Waals surface area contributed by atoms with Crippen LogP contribution in [0.15, 0.2) is 18.2 Å². The average molecular weight is 318 g/mol. The Balaban J connectivity index is 3.10. The highest BCUT2D eigenvalue weighted by Gasteiger charge is 2.10. The van der Waals surface area contributed by atoms with Crippen molar-refractivity contribution in [3.05, 3.63) is 29.3 Å². The molecule has 82 valence electrons. The Bertz CT molecular complexity index is 359. The van der Waals surface area contributed by atoms with Crippen molar-refractivity contribution in [3.8, 4) is 5.75 Å². The van der Waals surface area contributed by atoms with Gasteiger partial charge < -0.3 is 4.74 Å². The molecule has 0 N–H and O–H groups in total. The summed E-state index contributed by atoms with van der Waals surface area (Å²) in [5.74, 6) is 1.35. The Morgan fingerprint density at radius 1 is 1.47 bits per heavy atom. The fourth-order valence-electron chi connectivity index (χ4n) is 1.50. The van der Waals surface area contributed by atoms with Crippen molar-refractivity contribution in [1.29, 1.82) is 0 Å². The van der Waals surface area contributed by atoms with Gasteiger partial charge in [-0.1, -0.05) is 13.8 Å². The van der Waals surface area contributed by atoms with E-state index in [0.717, 1.165) is 23.3 Å². The van der Waals surface area contributed by atoms with Crippen molar-refractivity contribution in [1.82, 2.24) is 0 Å². The van der Waals surface area contributed by atoms with Crippen LogP contribution in [0.25, 0.3) is 0 Å². The summed E-state index contributed by atoms with van der Waals surface area (Å²) in [6.07, 6.45) is 0.904. The van der Waals surface area contributed by atoms with Crippen LogP contribution in [0.5, 0.6) is 5.75 Å². The summed E-state index contributed by atoms with van der Waals surface area (Å²) >= 11 is 1.82. The van der Waals surface area contributed by atoms with Crippen molar-refractivity contribution in [2.45, 2.75) is 20.3 Å².